The Hall–Kier alpha value is -9.53. The van der Waals surface area contributed by atoms with Gasteiger partial charge in [0.1, 0.15) is 23.1 Å². The van der Waals surface area contributed by atoms with Gasteiger partial charge in [-0.1, -0.05) is 71.8 Å². The molecule has 19 nitrogen and oxygen atoms in total. The number of aryl methyl sites for hydroxylation is 6. The lowest BCUT2D eigenvalue weighted by Crippen LogP contribution is -2.44. The normalized spacial score (nSPS) is 19.5. The average molecular weight is 1400 g/mol. The van der Waals surface area contributed by atoms with Gasteiger partial charge in [-0.25, -0.2) is 60.6 Å². The van der Waals surface area contributed by atoms with Crippen LogP contribution in [0.25, 0.3) is 50.2 Å². The number of aromatic nitrogens is 10. The lowest BCUT2D eigenvalue weighted by Gasteiger charge is -2.30. The van der Waals surface area contributed by atoms with Crippen molar-refractivity contribution in [1.29, 1.82) is 0 Å². The van der Waals surface area contributed by atoms with E-state index in [9.17, 15) is 26.3 Å². The molecule has 6 N–H and O–H groups in total. The molecule has 5 atom stereocenters. The van der Waals surface area contributed by atoms with Crippen LogP contribution in [0.15, 0.2) is 92.9 Å². The summed E-state index contributed by atoms with van der Waals surface area (Å²) in [7, 11) is 0. The first-order valence-corrected chi connectivity index (χ1v) is 34.7. The van der Waals surface area contributed by atoms with Crippen LogP contribution in [-0.2, 0) is 37.0 Å². The topological polar surface area (TPSA) is 240 Å². The molecule has 0 saturated carbocycles. The Bertz CT molecular complexity index is 4670. The monoisotopic (exact) mass is 1400 g/mol. The molecule has 26 heteroatoms. The Balaban J connectivity index is 0.000000137. The molecule has 0 amide bonds. The van der Waals surface area contributed by atoms with Crippen LogP contribution in [0.2, 0.25) is 0 Å². The van der Waals surface area contributed by atoms with E-state index in [1.807, 2.05) is 70.2 Å². The third kappa shape index (κ3) is 14.9. The lowest BCUT2D eigenvalue weighted by molar-refractivity contribution is 0.0158. The van der Waals surface area contributed by atoms with Crippen molar-refractivity contribution in [2.45, 2.75) is 157 Å². The van der Waals surface area contributed by atoms with Gasteiger partial charge in [-0.2, -0.15) is 0 Å². The number of hydrogen-bond acceptors (Lipinski definition) is 19. The minimum absolute atomic E-state index is 0.120. The Morgan fingerprint density at radius 2 is 1.00 bits per heavy atom. The van der Waals surface area contributed by atoms with Gasteiger partial charge >= 0.3 is 0 Å². The van der Waals surface area contributed by atoms with Crippen LogP contribution < -0.4 is 31.9 Å². The van der Waals surface area contributed by atoms with E-state index in [4.69, 9.17) is 18.6 Å². The number of halogens is 7. The highest BCUT2D eigenvalue weighted by Crippen LogP contribution is 2.45. The molecule has 0 radical (unpaired) electrons. The van der Waals surface area contributed by atoms with E-state index in [-0.39, 0.29) is 51.9 Å². The second kappa shape index (κ2) is 28.7. The first-order valence-electron chi connectivity index (χ1n) is 34.7. The molecule has 3 aliphatic carbocycles. The number of pyridine rings is 1. The van der Waals surface area contributed by atoms with Crippen molar-refractivity contribution in [1.82, 2.24) is 66.3 Å². The fourth-order valence-corrected chi connectivity index (χ4v) is 14.6. The average Bonchev–Trinajstić information content (AvgIpc) is 1.59. The zero-order valence-electron chi connectivity index (χ0n) is 58.9. The summed E-state index contributed by atoms with van der Waals surface area (Å²) in [4.78, 5) is 31.2. The van der Waals surface area contributed by atoms with E-state index in [1.165, 1.54) is 24.7 Å². The summed E-state index contributed by atoms with van der Waals surface area (Å²) in [5.41, 5.74) is 13.7. The zero-order chi connectivity index (χ0) is 72.1. The molecule has 102 heavy (non-hydrogen) atoms. The molecule has 3 fully saturated rings. The molecule has 7 aromatic heterocycles. The molecule has 3 saturated heterocycles. The fraction of sp³-hybridized carbons (Fsp3) is 0.421. The second-order valence-corrected chi connectivity index (χ2v) is 27.9. The molecular weight excluding hydrogens is 1320 g/mol. The molecule has 0 unspecified atom stereocenters. The fourth-order valence-electron chi connectivity index (χ4n) is 14.6. The summed E-state index contributed by atoms with van der Waals surface area (Å²) >= 11 is 0. The van der Waals surface area contributed by atoms with Crippen molar-refractivity contribution in [2.24, 2.45) is 11.8 Å². The highest BCUT2D eigenvalue weighted by Gasteiger charge is 2.38. The first kappa shape index (κ1) is 70.9. The van der Waals surface area contributed by atoms with E-state index < -0.39 is 23.6 Å². The minimum Gasteiger partial charge on any atom is -0.361 e. The van der Waals surface area contributed by atoms with E-state index in [0.29, 0.717) is 94.0 Å². The van der Waals surface area contributed by atoms with Crippen molar-refractivity contribution in [3.05, 3.63) is 187 Å². The summed E-state index contributed by atoms with van der Waals surface area (Å²) in [6, 6.07) is 13.4. The quantitative estimate of drug-likeness (QED) is 0.0523. The Labute approximate surface area is 587 Å². The highest BCUT2D eigenvalue weighted by molar-refractivity contribution is 5.89. The molecule has 0 bridgehead atoms. The number of hydrogen-bond donors (Lipinski definition) is 6. The van der Waals surface area contributed by atoms with Gasteiger partial charge in [-0.15, -0.1) is 0 Å². The standard InChI is InChI=1S/C26H29F2N5O.C25H26F3N5O.C25H28F2N6O/c1-14-9-10-29-13-22(14)31-25-30-12-21(26(4,27)28)24(32-25)20-8-5-17-11-18(6-7-19(17)20)23-15(2)33-34-16(23)3;1-13-22(14(2)34-33-13)19-9-15-6-7-17(18(15)10-21(19)26)23-20(25(3,27)28)12-30-24(32-23)31-16-5-4-8-29-11-16;1-13-9-16(11-28-10-13)30-24-29-12-19(25(4,26)27)23(32-24)18-6-7-20-17(18)5-8-21(31-20)22-14(2)33-34-15(22)3/h6-8,11-12,14,22,29H,5,9-10,13H2,1-4H3,(H,30,31,32);7,9-10,12,16,29H,4-6,8,11H2,1-3H3,(H,30,31,32);5-6,8,12-13,16,28H,7,9-11H2,1-4H3,(H,29,30,32)/t14-,22+;16-;13-,16+/m001/s1. The van der Waals surface area contributed by atoms with Crippen LogP contribution in [0.5, 0.6) is 0 Å². The smallest absolute Gasteiger partial charge is 0.274 e. The van der Waals surface area contributed by atoms with Gasteiger partial charge in [0, 0.05) is 117 Å². The maximum atomic E-state index is 15.3. The number of nitrogens with zero attached hydrogens (tertiary/aromatic N) is 10. The summed E-state index contributed by atoms with van der Waals surface area (Å²) in [5, 5.41) is 32.0. The van der Waals surface area contributed by atoms with Gasteiger partial charge in [0.25, 0.3) is 17.8 Å². The van der Waals surface area contributed by atoms with E-state index in [2.05, 4.69) is 97.2 Å². The van der Waals surface area contributed by atoms with Crippen LogP contribution in [-0.4, -0.2) is 108 Å². The van der Waals surface area contributed by atoms with Crippen LogP contribution in [0.4, 0.5) is 48.6 Å². The third-order valence-corrected chi connectivity index (χ3v) is 19.8. The molecule has 0 spiro atoms. The Kier molecular flexibility index (Phi) is 20.0. The maximum absolute atomic E-state index is 15.3. The summed E-state index contributed by atoms with van der Waals surface area (Å²) in [5.74, 6) is -5.79. The summed E-state index contributed by atoms with van der Waals surface area (Å²) < 4.78 is 118. The van der Waals surface area contributed by atoms with Gasteiger partial charge in [0.2, 0.25) is 17.8 Å². The number of piperidine rings is 3. The van der Waals surface area contributed by atoms with Gasteiger partial charge < -0.3 is 45.5 Å². The van der Waals surface area contributed by atoms with Crippen molar-refractivity contribution < 1.29 is 44.3 Å². The number of anilines is 3. The van der Waals surface area contributed by atoms with Gasteiger partial charge in [0.15, 0.2) is 0 Å². The second-order valence-electron chi connectivity index (χ2n) is 27.9. The molecule has 10 heterocycles. The van der Waals surface area contributed by atoms with E-state index in [0.717, 1.165) is 159 Å². The largest absolute Gasteiger partial charge is 0.361 e. The number of benzene rings is 2. The van der Waals surface area contributed by atoms with E-state index >= 15 is 4.39 Å². The molecule has 9 aromatic rings. The zero-order valence-corrected chi connectivity index (χ0v) is 58.9. The van der Waals surface area contributed by atoms with Crippen molar-refractivity contribution >= 4 is 34.6 Å². The third-order valence-electron chi connectivity index (χ3n) is 19.8. The van der Waals surface area contributed by atoms with Crippen LogP contribution in [0, 0.1) is 59.2 Å². The van der Waals surface area contributed by atoms with Crippen molar-refractivity contribution in [3.63, 3.8) is 0 Å². The predicted molar refractivity (Wildman–Crippen MR) is 377 cm³/mol. The molecule has 3 aliphatic heterocycles. The maximum Gasteiger partial charge on any atom is 0.274 e. The highest BCUT2D eigenvalue weighted by atomic mass is 19.3. The minimum atomic E-state index is -3.15. The van der Waals surface area contributed by atoms with Crippen molar-refractivity contribution in [3.8, 4) is 33.5 Å². The van der Waals surface area contributed by atoms with Gasteiger partial charge in [-0.3, -0.25) is 4.98 Å². The SMILES string of the molecule is Cc1noc(C)c1-c1cc2c(cc1F)C(c1nc(N[C@H]3CCCNC3)ncc1C(C)(F)F)=CC2.Cc1noc(C)c1-c1ccc2c(c1)CC=C2c1nc(N[C@@H]2CNCC[C@@H]2C)ncc1C(C)(F)F.Cc1noc(C)c1-c1ccc2c(n1)CC=C2c1nc(N[C@@H]2CNC[C@H](C)C2)ncc1C(C)(F)F. The number of rotatable bonds is 15. The molecular formula is C76H83F7N16O3. The molecule has 534 valence electrons. The number of alkyl halides is 6. The predicted octanol–water partition coefficient (Wildman–Crippen LogP) is 15.1. The van der Waals surface area contributed by atoms with Crippen LogP contribution in [0.1, 0.15) is 162 Å². The first-order chi connectivity index (χ1) is 48.6. The van der Waals surface area contributed by atoms with Gasteiger partial charge in [-0.05, 0) is 158 Å². The van der Waals surface area contributed by atoms with Gasteiger partial charge in [0.05, 0.1) is 73.4 Å². The number of allylic oxidation sites excluding steroid dienone is 3. The lowest BCUT2D eigenvalue weighted by atomic mass is 9.94. The number of fused-ring (bicyclic) bond motifs is 3. The van der Waals surface area contributed by atoms with Crippen LogP contribution >= 0.6 is 0 Å². The Morgan fingerprint density at radius 1 is 0.490 bits per heavy atom. The summed E-state index contributed by atoms with van der Waals surface area (Å²) in [6.07, 6.45) is 15.0. The molecule has 15 rings (SSSR count). The van der Waals surface area contributed by atoms with E-state index in [1.54, 1.807) is 19.9 Å². The van der Waals surface area contributed by atoms with Crippen LogP contribution in [0.3, 0.4) is 0 Å². The number of nitrogens with one attached hydrogen (secondary N) is 6. The Morgan fingerprint density at radius 3 is 1.55 bits per heavy atom. The van der Waals surface area contributed by atoms with Crippen molar-refractivity contribution in [2.75, 3.05) is 55.2 Å². The molecule has 6 aliphatic rings. The molecule has 2 aromatic carbocycles. The summed E-state index contributed by atoms with van der Waals surface area (Å²) in [6.45, 7) is 23.2.